The fourth-order valence-corrected chi connectivity index (χ4v) is 1.26. The number of pyridine rings is 1. The predicted molar refractivity (Wildman–Crippen MR) is 56.3 cm³/mol. The SMILES string of the molecule is COC(=O)c1cc(=O)[nH]c(OC)c1C(=O)OC. The Hall–Kier alpha value is -2.31. The molecule has 1 rings (SSSR count). The van der Waals surface area contributed by atoms with Crippen molar-refractivity contribution >= 4 is 11.9 Å². The van der Waals surface area contributed by atoms with Crippen LogP contribution in [-0.2, 0) is 9.47 Å². The molecule has 92 valence electrons. The Labute approximate surface area is 96.3 Å². The summed E-state index contributed by atoms with van der Waals surface area (Å²) in [5.41, 5.74) is -0.976. The van der Waals surface area contributed by atoms with Crippen molar-refractivity contribution in [1.29, 1.82) is 0 Å². The number of methoxy groups -OCH3 is 3. The Morgan fingerprint density at radius 1 is 1.12 bits per heavy atom. The number of rotatable bonds is 3. The van der Waals surface area contributed by atoms with E-state index in [-0.39, 0.29) is 17.0 Å². The average molecular weight is 241 g/mol. The lowest BCUT2D eigenvalue weighted by Gasteiger charge is -2.09. The van der Waals surface area contributed by atoms with Crippen LogP contribution in [0.1, 0.15) is 20.7 Å². The van der Waals surface area contributed by atoms with E-state index in [4.69, 9.17) is 4.74 Å². The molecular weight excluding hydrogens is 230 g/mol. The van der Waals surface area contributed by atoms with E-state index in [0.29, 0.717) is 0 Å². The van der Waals surface area contributed by atoms with Gasteiger partial charge in [0, 0.05) is 6.07 Å². The lowest BCUT2D eigenvalue weighted by Crippen LogP contribution is -2.19. The molecular formula is C10H11NO6. The van der Waals surface area contributed by atoms with Crippen molar-refractivity contribution in [2.24, 2.45) is 0 Å². The van der Waals surface area contributed by atoms with Crippen molar-refractivity contribution in [3.8, 4) is 5.88 Å². The largest absolute Gasteiger partial charge is 0.482 e. The van der Waals surface area contributed by atoms with Gasteiger partial charge in [-0.2, -0.15) is 0 Å². The second kappa shape index (κ2) is 5.15. The number of aromatic nitrogens is 1. The van der Waals surface area contributed by atoms with Crippen LogP contribution in [-0.4, -0.2) is 38.3 Å². The zero-order chi connectivity index (χ0) is 13.0. The molecule has 1 aromatic rings. The first kappa shape index (κ1) is 12.8. The van der Waals surface area contributed by atoms with Gasteiger partial charge in [0.15, 0.2) is 0 Å². The summed E-state index contributed by atoms with van der Waals surface area (Å²) in [6.07, 6.45) is 0. The number of hydrogen-bond donors (Lipinski definition) is 1. The normalized spacial score (nSPS) is 9.59. The van der Waals surface area contributed by atoms with Crippen LogP contribution in [0.5, 0.6) is 5.88 Å². The molecule has 0 aliphatic heterocycles. The second-order valence-electron chi connectivity index (χ2n) is 2.94. The summed E-state index contributed by atoms with van der Waals surface area (Å²) in [6, 6.07) is 0.945. The Morgan fingerprint density at radius 2 is 1.71 bits per heavy atom. The van der Waals surface area contributed by atoms with E-state index in [0.717, 1.165) is 20.3 Å². The van der Waals surface area contributed by atoms with E-state index < -0.39 is 17.5 Å². The van der Waals surface area contributed by atoms with Gasteiger partial charge in [0.1, 0.15) is 5.56 Å². The zero-order valence-electron chi connectivity index (χ0n) is 9.53. The maximum atomic E-state index is 11.5. The van der Waals surface area contributed by atoms with Gasteiger partial charge >= 0.3 is 11.9 Å². The van der Waals surface area contributed by atoms with Gasteiger partial charge in [-0.15, -0.1) is 0 Å². The van der Waals surface area contributed by atoms with Crippen LogP contribution in [0.2, 0.25) is 0 Å². The Bertz CT molecular complexity index is 504. The zero-order valence-corrected chi connectivity index (χ0v) is 9.53. The highest BCUT2D eigenvalue weighted by Crippen LogP contribution is 2.19. The molecule has 0 fully saturated rings. The molecule has 0 saturated heterocycles. The number of carbonyl (C=O) groups is 2. The summed E-state index contributed by atoms with van der Waals surface area (Å²) in [5.74, 6) is -1.78. The van der Waals surface area contributed by atoms with Gasteiger partial charge in [-0.3, -0.25) is 9.78 Å². The summed E-state index contributed by atoms with van der Waals surface area (Å²) >= 11 is 0. The summed E-state index contributed by atoms with van der Waals surface area (Å²) in [7, 11) is 3.53. The lowest BCUT2D eigenvalue weighted by atomic mass is 10.1. The number of nitrogens with one attached hydrogen (secondary N) is 1. The fraction of sp³-hybridized carbons (Fsp3) is 0.300. The van der Waals surface area contributed by atoms with Crippen molar-refractivity contribution in [3.63, 3.8) is 0 Å². The molecule has 0 aliphatic rings. The van der Waals surface area contributed by atoms with Crippen molar-refractivity contribution in [3.05, 3.63) is 27.5 Å². The van der Waals surface area contributed by atoms with Gasteiger partial charge in [0.05, 0.1) is 26.9 Å². The maximum Gasteiger partial charge on any atom is 0.344 e. The van der Waals surface area contributed by atoms with Crippen LogP contribution in [0.4, 0.5) is 0 Å². The van der Waals surface area contributed by atoms with Gasteiger partial charge in [0.2, 0.25) is 5.88 Å². The molecule has 0 bridgehead atoms. The van der Waals surface area contributed by atoms with Gasteiger partial charge in [0.25, 0.3) is 5.56 Å². The number of esters is 2. The predicted octanol–water partition coefficient (Wildman–Crippen LogP) is -0.0433. The molecule has 0 aliphatic carbocycles. The highest BCUT2D eigenvalue weighted by molar-refractivity contribution is 6.04. The van der Waals surface area contributed by atoms with Gasteiger partial charge in [-0.05, 0) is 0 Å². The van der Waals surface area contributed by atoms with Crippen molar-refractivity contribution in [2.45, 2.75) is 0 Å². The number of carbonyl (C=O) groups excluding carboxylic acids is 2. The minimum absolute atomic E-state index is 0.148. The van der Waals surface area contributed by atoms with E-state index in [1.165, 1.54) is 7.11 Å². The topological polar surface area (TPSA) is 94.7 Å². The van der Waals surface area contributed by atoms with E-state index in [1.807, 2.05) is 0 Å². The number of aromatic amines is 1. The van der Waals surface area contributed by atoms with Crippen LogP contribution in [0.3, 0.4) is 0 Å². The van der Waals surface area contributed by atoms with Crippen LogP contribution >= 0.6 is 0 Å². The van der Waals surface area contributed by atoms with Crippen LogP contribution < -0.4 is 10.3 Å². The number of hydrogen-bond acceptors (Lipinski definition) is 6. The van der Waals surface area contributed by atoms with Crippen molar-refractivity contribution in [1.82, 2.24) is 4.98 Å². The van der Waals surface area contributed by atoms with E-state index >= 15 is 0 Å². The first-order valence-corrected chi connectivity index (χ1v) is 4.53. The standard InChI is InChI=1S/C10H11NO6/c1-15-8-7(10(14)17-3)5(9(13)16-2)4-6(12)11-8/h4H,1-3H3,(H,11,12). The summed E-state index contributed by atoms with van der Waals surface area (Å²) < 4.78 is 13.8. The third-order valence-electron chi connectivity index (χ3n) is 2.01. The molecule has 1 heterocycles. The summed E-state index contributed by atoms with van der Waals surface area (Å²) in [5, 5.41) is 0. The Morgan fingerprint density at radius 3 is 2.18 bits per heavy atom. The average Bonchev–Trinajstić information content (AvgIpc) is 2.35. The molecule has 0 saturated carbocycles. The smallest absolute Gasteiger partial charge is 0.344 e. The second-order valence-corrected chi connectivity index (χ2v) is 2.94. The van der Waals surface area contributed by atoms with Crippen LogP contribution in [0.15, 0.2) is 10.9 Å². The van der Waals surface area contributed by atoms with Crippen molar-refractivity contribution < 1.29 is 23.8 Å². The number of H-pyrrole nitrogens is 1. The first-order valence-electron chi connectivity index (χ1n) is 4.53. The maximum absolute atomic E-state index is 11.5. The van der Waals surface area contributed by atoms with Crippen LogP contribution in [0, 0.1) is 0 Å². The third kappa shape index (κ3) is 2.44. The minimum Gasteiger partial charge on any atom is -0.482 e. The molecule has 0 spiro atoms. The third-order valence-corrected chi connectivity index (χ3v) is 2.01. The van der Waals surface area contributed by atoms with Crippen LogP contribution in [0.25, 0.3) is 0 Å². The monoisotopic (exact) mass is 241 g/mol. The van der Waals surface area contributed by atoms with Crippen molar-refractivity contribution in [2.75, 3.05) is 21.3 Å². The molecule has 0 unspecified atom stereocenters. The fourth-order valence-electron chi connectivity index (χ4n) is 1.26. The van der Waals surface area contributed by atoms with E-state index in [1.54, 1.807) is 0 Å². The molecule has 0 amide bonds. The molecule has 7 nitrogen and oxygen atoms in total. The van der Waals surface area contributed by atoms with Gasteiger partial charge in [-0.25, -0.2) is 9.59 Å². The molecule has 17 heavy (non-hydrogen) atoms. The molecule has 1 N–H and O–H groups in total. The quantitative estimate of drug-likeness (QED) is 0.746. The Balaban J connectivity index is 3.55. The van der Waals surface area contributed by atoms with Gasteiger partial charge in [-0.1, -0.05) is 0 Å². The Kier molecular flexibility index (Phi) is 3.86. The minimum atomic E-state index is -0.824. The number of ether oxygens (including phenoxy) is 3. The van der Waals surface area contributed by atoms with E-state index in [2.05, 4.69) is 14.5 Å². The molecule has 0 radical (unpaired) electrons. The molecule has 0 atom stereocenters. The molecule has 1 aromatic heterocycles. The molecule has 0 aromatic carbocycles. The summed E-state index contributed by atoms with van der Waals surface area (Å²) in [4.78, 5) is 36.5. The molecule has 7 heteroatoms. The van der Waals surface area contributed by atoms with E-state index in [9.17, 15) is 14.4 Å². The summed E-state index contributed by atoms with van der Waals surface area (Å²) in [6.45, 7) is 0. The highest BCUT2D eigenvalue weighted by Gasteiger charge is 2.24. The first-order chi connectivity index (χ1) is 8.04. The highest BCUT2D eigenvalue weighted by atomic mass is 16.5. The lowest BCUT2D eigenvalue weighted by molar-refractivity contribution is 0.0551. The van der Waals surface area contributed by atoms with Gasteiger partial charge < -0.3 is 14.2 Å².